The van der Waals surface area contributed by atoms with Crippen molar-refractivity contribution in [3.63, 3.8) is 0 Å². The highest BCUT2D eigenvalue weighted by molar-refractivity contribution is 7.71. The van der Waals surface area contributed by atoms with Crippen molar-refractivity contribution in [2.24, 2.45) is 4.85 Å². The molecule has 5 nitrogen and oxygen atoms in total. The topological polar surface area (TPSA) is 58.9 Å². The Morgan fingerprint density at radius 2 is 2.13 bits per heavy atom. The minimum Gasteiger partial charge on any atom is -0.256 e. The van der Waals surface area contributed by atoms with Crippen molar-refractivity contribution >= 4 is 30.8 Å². The van der Waals surface area contributed by atoms with Gasteiger partial charge >= 0.3 is 5.92 Å². The molecule has 3 heterocycles. The van der Waals surface area contributed by atoms with Crippen molar-refractivity contribution in [3.8, 4) is 0 Å². The van der Waals surface area contributed by atoms with Crippen molar-refractivity contribution in [1.82, 2.24) is 19.9 Å². The first-order valence-electron chi connectivity index (χ1n) is 6.93. The van der Waals surface area contributed by atoms with Crippen LogP contribution in [0.3, 0.4) is 0 Å². The van der Waals surface area contributed by atoms with Gasteiger partial charge in [0.2, 0.25) is 18.3 Å². The molecule has 1 aliphatic heterocycles. The van der Waals surface area contributed by atoms with Gasteiger partial charge in [0, 0.05) is 22.0 Å². The van der Waals surface area contributed by atoms with Gasteiger partial charge in [-0.1, -0.05) is 12.1 Å². The second-order valence-corrected chi connectivity index (χ2v) is 7.67. The number of H-pyrrole nitrogens is 1. The van der Waals surface area contributed by atoms with E-state index in [1.54, 1.807) is 24.4 Å². The maximum Gasteiger partial charge on any atom is 0.333 e. The predicted octanol–water partition coefficient (Wildman–Crippen LogP) is 4.07. The van der Waals surface area contributed by atoms with E-state index in [4.69, 9.17) is 12.2 Å². The molecular formula is C14H11F2N5PS+. The number of nitrogens with zero attached hydrogens (tertiary/aromatic N) is 4. The molecule has 0 radical (unpaired) electrons. The Kier molecular flexibility index (Phi) is 3.32. The highest BCUT2D eigenvalue weighted by Gasteiger charge is 2.42. The van der Waals surface area contributed by atoms with E-state index in [2.05, 4.69) is 20.0 Å². The number of nitrogens with one attached hydrogen (secondary N) is 1. The second kappa shape index (κ2) is 5.25. The summed E-state index contributed by atoms with van der Waals surface area (Å²) in [5.74, 6) is -3.77. The molecule has 1 saturated heterocycles. The van der Waals surface area contributed by atoms with E-state index in [-0.39, 0.29) is 10.3 Å². The van der Waals surface area contributed by atoms with Gasteiger partial charge in [-0.2, -0.15) is 13.9 Å². The van der Waals surface area contributed by atoms with Gasteiger partial charge in [-0.25, -0.2) is 5.10 Å². The van der Waals surface area contributed by atoms with Crippen LogP contribution in [0, 0.1) is 4.77 Å². The molecule has 3 aromatic rings. The van der Waals surface area contributed by atoms with Gasteiger partial charge in [0.25, 0.3) is 0 Å². The average Bonchev–Trinajstić information content (AvgIpc) is 3.29. The third-order valence-electron chi connectivity index (χ3n) is 3.54. The van der Waals surface area contributed by atoms with Crippen LogP contribution in [0.25, 0.3) is 10.9 Å². The van der Waals surface area contributed by atoms with Crippen LogP contribution in [0.1, 0.15) is 11.4 Å². The van der Waals surface area contributed by atoms with Crippen molar-refractivity contribution in [3.05, 3.63) is 52.7 Å². The lowest BCUT2D eigenvalue weighted by Gasteiger charge is -2.15. The minimum atomic E-state index is -3.30. The SMILES string of the molecule is FC(F)(c1ccc2ncccc2c1)c1n[nH]c(=S)n1N=[P+]1CC1. The summed E-state index contributed by atoms with van der Waals surface area (Å²) in [6.45, 7) is 0. The highest BCUT2D eigenvalue weighted by atomic mass is 32.1. The largest absolute Gasteiger partial charge is 0.333 e. The molecule has 0 aliphatic carbocycles. The summed E-state index contributed by atoms with van der Waals surface area (Å²) in [7, 11) is -0.560. The molecule has 9 heteroatoms. The van der Waals surface area contributed by atoms with E-state index in [9.17, 15) is 8.78 Å². The molecule has 0 saturated carbocycles. The van der Waals surface area contributed by atoms with E-state index in [1.807, 2.05) is 0 Å². The zero-order valence-corrected chi connectivity index (χ0v) is 13.5. The number of pyridine rings is 1. The number of benzene rings is 1. The lowest BCUT2D eigenvalue weighted by molar-refractivity contribution is 0.0295. The molecule has 0 spiro atoms. The van der Waals surface area contributed by atoms with Crippen LogP contribution in [0.2, 0.25) is 0 Å². The molecule has 0 amide bonds. The Morgan fingerprint density at radius 3 is 2.91 bits per heavy atom. The highest BCUT2D eigenvalue weighted by Crippen LogP contribution is 2.42. The van der Waals surface area contributed by atoms with E-state index >= 15 is 0 Å². The molecule has 0 atom stereocenters. The number of hydrogen-bond donors (Lipinski definition) is 1. The fourth-order valence-electron chi connectivity index (χ4n) is 2.24. The first kappa shape index (κ1) is 14.5. The van der Waals surface area contributed by atoms with Crippen LogP contribution in [0.4, 0.5) is 8.78 Å². The van der Waals surface area contributed by atoms with Gasteiger partial charge in [0.15, 0.2) is 12.3 Å². The number of halogens is 2. The van der Waals surface area contributed by atoms with Crippen LogP contribution >= 0.6 is 19.9 Å². The Balaban J connectivity index is 1.86. The van der Waals surface area contributed by atoms with E-state index in [0.29, 0.717) is 10.9 Å². The standard InChI is InChI=1S/C14H10F2N5PS/c15-14(16,10-3-4-11-9(8-10)2-1-5-17-11)12-18-19-13(23)21(12)20-22-6-7-22/h1-5,8H,6-7H2/p+1. The zero-order valence-electron chi connectivity index (χ0n) is 11.8. The van der Waals surface area contributed by atoms with Crippen molar-refractivity contribution in [1.29, 1.82) is 0 Å². The normalized spacial score (nSPS) is 14.3. The Bertz CT molecular complexity index is 988. The third-order valence-corrected chi connectivity index (χ3v) is 5.08. The molecule has 1 fully saturated rings. The fraction of sp³-hybridized carbons (Fsp3) is 0.214. The Hall–Kier alpha value is -2.05. The van der Waals surface area contributed by atoms with Gasteiger partial charge in [-0.15, -0.1) is 4.68 Å². The predicted molar refractivity (Wildman–Crippen MR) is 86.6 cm³/mol. The first-order valence-corrected chi connectivity index (χ1v) is 9.01. The second-order valence-electron chi connectivity index (χ2n) is 5.19. The van der Waals surface area contributed by atoms with Crippen molar-refractivity contribution < 1.29 is 8.78 Å². The van der Waals surface area contributed by atoms with Crippen LogP contribution in [-0.4, -0.2) is 32.2 Å². The van der Waals surface area contributed by atoms with Crippen LogP contribution in [0.5, 0.6) is 0 Å². The summed E-state index contributed by atoms with van der Waals surface area (Å²) >= 11 is 5.03. The number of aromatic amines is 1. The van der Waals surface area contributed by atoms with Gasteiger partial charge < -0.3 is 0 Å². The van der Waals surface area contributed by atoms with E-state index in [0.717, 1.165) is 17.0 Å². The van der Waals surface area contributed by atoms with E-state index in [1.165, 1.54) is 12.1 Å². The molecule has 1 N–H and O–H groups in total. The number of alkyl halides is 2. The number of hydrogen-bond acceptors (Lipinski definition) is 4. The molecule has 1 aromatic carbocycles. The average molecular weight is 350 g/mol. The maximum atomic E-state index is 14.9. The quantitative estimate of drug-likeness (QED) is 0.572. The first-order chi connectivity index (χ1) is 11.1. The lowest BCUT2D eigenvalue weighted by atomic mass is 10.0. The third kappa shape index (κ3) is 2.58. The number of fused-ring (bicyclic) bond motifs is 1. The summed E-state index contributed by atoms with van der Waals surface area (Å²) in [5.41, 5.74) is 0.504. The van der Waals surface area contributed by atoms with Crippen molar-refractivity contribution in [2.45, 2.75) is 5.92 Å². The van der Waals surface area contributed by atoms with Crippen LogP contribution < -0.4 is 0 Å². The molecule has 116 valence electrons. The monoisotopic (exact) mass is 350 g/mol. The Labute approximate surface area is 135 Å². The summed E-state index contributed by atoms with van der Waals surface area (Å²) in [6, 6.07) is 7.82. The summed E-state index contributed by atoms with van der Waals surface area (Å²) in [5, 5.41) is 6.79. The molecule has 23 heavy (non-hydrogen) atoms. The van der Waals surface area contributed by atoms with Crippen LogP contribution in [-0.2, 0) is 5.92 Å². The smallest absolute Gasteiger partial charge is 0.256 e. The Morgan fingerprint density at radius 1 is 1.30 bits per heavy atom. The molecule has 2 aromatic heterocycles. The van der Waals surface area contributed by atoms with Gasteiger partial charge in [-0.3, -0.25) is 4.98 Å². The molecule has 1 aliphatic rings. The maximum absolute atomic E-state index is 14.9. The van der Waals surface area contributed by atoms with Gasteiger partial charge in [0.05, 0.1) is 5.52 Å². The fourth-order valence-corrected chi connectivity index (χ4v) is 3.44. The van der Waals surface area contributed by atoms with Gasteiger partial charge in [0.1, 0.15) is 0 Å². The molecule has 0 bridgehead atoms. The summed E-state index contributed by atoms with van der Waals surface area (Å²) in [6.07, 6.45) is 3.53. The number of rotatable bonds is 3. The molecule has 0 unspecified atom stereocenters. The van der Waals surface area contributed by atoms with E-state index < -0.39 is 19.5 Å². The van der Waals surface area contributed by atoms with Gasteiger partial charge in [-0.05, 0) is 30.4 Å². The zero-order chi connectivity index (χ0) is 16.0. The number of aromatic nitrogens is 4. The summed E-state index contributed by atoms with van der Waals surface area (Å²) < 4.78 is 31.1. The molecule has 4 rings (SSSR count). The molecular weight excluding hydrogens is 339 g/mol. The lowest BCUT2D eigenvalue weighted by Crippen LogP contribution is -2.20. The van der Waals surface area contributed by atoms with Crippen LogP contribution in [0.15, 0.2) is 41.4 Å². The van der Waals surface area contributed by atoms with Crippen molar-refractivity contribution in [2.75, 3.05) is 12.3 Å². The minimum absolute atomic E-state index is 0.0940. The summed E-state index contributed by atoms with van der Waals surface area (Å²) in [4.78, 5) is 8.42.